The van der Waals surface area contributed by atoms with Gasteiger partial charge in [-0.1, -0.05) is 11.6 Å². The van der Waals surface area contributed by atoms with Crippen LogP contribution in [0.4, 0.5) is 0 Å². The van der Waals surface area contributed by atoms with Gasteiger partial charge in [0.1, 0.15) is 0 Å². The Bertz CT molecular complexity index is 754. The minimum Gasteiger partial charge on any atom is -0.378 e. The molecule has 0 spiro atoms. The highest BCUT2D eigenvalue weighted by atomic mass is 16.5. The second kappa shape index (κ2) is 7.93. The number of carbonyl (C=O) groups excluding carboxylic acids is 1. The van der Waals surface area contributed by atoms with E-state index >= 15 is 0 Å². The van der Waals surface area contributed by atoms with Gasteiger partial charge >= 0.3 is 0 Å². The van der Waals surface area contributed by atoms with E-state index in [4.69, 9.17) is 9.72 Å². The Hall–Kier alpha value is -1.98. The molecule has 1 aliphatic rings. The quantitative estimate of drug-likeness (QED) is 0.750. The van der Waals surface area contributed by atoms with Crippen molar-refractivity contribution in [3.63, 3.8) is 0 Å². The number of hydrogen-bond acceptors (Lipinski definition) is 4. The van der Waals surface area contributed by atoms with Crippen LogP contribution in [0.15, 0.2) is 24.3 Å². The molecule has 25 heavy (non-hydrogen) atoms. The highest BCUT2D eigenvalue weighted by Crippen LogP contribution is 2.40. The molecule has 1 aromatic carbocycles. The Labute approximate surface area is 149 Å². The number of fused-ring (bicyclic) bond motifs is 1. The van der Waals surface area contributed by atoms with Crippen LogP contribution >= 0.6 is 0 Å². The Morgan fingerprint density at radius 3 is 2.80 bits per heavy atom. The second-order valence-electron chi connectivity index (χ2n) is 7.06. The first-order valence-electron chi connectivity index (χ1n) is 8.96. The molecule has 0 unspecified atom stereocenters. The summed E-state index contributed by atoms with van der Waals surface area (Å²) in [7, 11) is 4.03. The van der Waals surface area contributed by atoms with Crippen molar-refractivity contribution in [2.75, 3.05) is 40.4 Å². The molecule has 1 saturated carbocycles. The van der Waals surface area contributed by atoms with E-state index in [1.54, 1.807) is 0 Å². The Morgan fingerprint density at radius 1 is 1.28 bits per heavy atom. The molecular weight excluding hydrogens is 314 g/mol. The van der Waals surface area contributed by atoms with Crippen molar-refractivity contribution in [3.8, 4) is 0 Å². The Balaban J connectivity index is 1.68. The van der Waals surface area contributed by atoms with E-state index in [-0.39, 0.29) is 5.91 Å². The van der Waals surface area contributed by atoms with Gasteiger partial charge in [0, 0.05) is 30.1 Å². The highest BCUT2D eigenvalue weighted by molar-refractivity contribution is 6.06. The van der Waals surface area contributed by atoms with Crippen molar-refractivity contribution in [2.45, 2.75) is 25.7 Å². The summed E-state index contributed by atoms with van der Waals surface area (Å²) in [6.07, 6.45) is 2.34. The van der Waals surface area contributed by atoms with Crippen LogP contribution in [-0.4, -0.2) is 56.2 Å². The molecular formula is C20H27N3O2. The molecule has 134 valence electrons. The lowest BCUT2D eigenvalue weighted by Crippen LogP contribution is -2.28. The summed E-state index contributed by atoms with van der Waals surface area (Å²) in [4.78, 5) is 19.5. The number of aryl methyl sites for hydroxylation is 1. The van der Waals surface area contributed by atoms with Crippen LogP contribution in [0.2, 0.25) is 0 Å². The maximum Gasteiger partial charge on any atom is 0.252 e. The van der Waals surface area contributed by atoms with Gasteiger partial charge in [0.15, 0.2) is 0 Å². The molecule has 2 aromatic rings. The molecule has 1 heterocycles. The van der Waals surface area contributed by atoms with Crippen molar-refractivity contribution < 1.29 is 9.53 Å². The fourth-order valence-electron chi connectivity index (χ4n) is 2.82. The lowest BCUT2D eigenvalue weighted by molar-refractivity contribution is 0.0901. The number of benzene rings is 1. The Morgan fingerprint density at radius 2 is 2.08 bits per heavy atom. The lowest BCUT2D eigenvalue weighted by atomic mass is 10.0. The summed E-state index contributed by atoms with van der Waals surface area (Å²) in [6.45, 7) is 4.63. The number of likely N-dealkylation sites (N-methyl/N-ethyl adjacent to an activating group) is 1. The maximum atomic E-state index is 12.7. The first kappa shape index (κ1) is 17.8. The van der Waals surface area contributed by atoms with Gasteiger partial charge in [0.05, 0.1) is 24.3 Å². The molecule has 0 atom stereocenters. The lowest BCUT2D eigenvalue weighted by Gasteiger charge is -2.12. The summed E-state index contributed by atoms with van der Waals surface area (Å²) < 4.78 is 5.54. The molecule has 0 aliphatic heterocycles. The molecule has 1 amide bonds. The zero-order valence-electron chi connectivity index (χ0n) is 15.3. The third-order valence-electron chi connectivity index (χ3n) is 4.44. The van der Waals surface area contributed by atoms with Gasteiger partial charge in [-0.2, -0.15) is 0 Å². The standard InChI is InChI=1S/C20H27N3O2/c1-14-4-7-18-16(12-14)17(13-19(22-18)15-5-6-15)20(24)21-8-10-25-11-9-23(2)3/h4,7,12-13,15H,5-6,8-11H2,1-3H3,(H,21,24). The SMILES string of the molecule is Cc1ccc2nc(C3CC3)cc(C(=O)NCCOCCN(C)C)c2c1. The third-order valence-corrected chi connectivity index (χ3v) is 4.44. The molecule has 1 aliphatic carbocycles. The van der Waals surface area contributed by atoms with Gasteiger partial charge in [-0.25, -0.2) is 0 Å². The van der Waals surface area contributed by atoms with Crippen LogP contribution in [0.5, 0.6) is 0 Å². The number of pyridine rings is 1. The fourth-order valence-corrected chi connectivity index (χ4v) is 2.82. The number of hydrogen-bond donors (Lipinski definition) is 1. The van der Waals surface area contributed by atoms with Crippen LogP contribution in [0.25, 0.3) is 10.9 Å². The van der Waals surface area contributed by atoms with Crippen molar-refractivity contribution in [1.29, 1.82) is 0 Å². The van der Waals surface area contributed by atoms with E-state index < -0.39 is 0 Å². The van der Waals surface area contributed by atoms with Crippen LogP contribution in [0.3, 0.4) is 0 Å². The summed E-state index contributed by atoms with van der Waals surface area (Å²) in [6, 6.07) is 8.08. The van der Waals surface area contributed by atoms with Gasteiger partial charge in [-0.3, -0.25) is 9.78 Å². The van der Waals surface area contributed by atoms with E-state index in [1.807, 2.05) is 45.3 Å². The summed E-state index contributed by atoms with van der Waals surface area (Å²) in [5, 5.41) is 3.91. The van der Waals surface area contributed by atoms with E-state index in [9.17, 15) is 4.79 Å². The van der Waals surface area contributed by atoms with Crippen molar-refractivity contribution in [3.05, 3.63) is 41.1 Å². The Kier molecular flexibility index (Phi) is 5.66. The van der Waals surface area contributed by atoms with Crippen LogP contribution in [0.1, 0.15) is 40.4 Å². The van der Waals surface area contributed by atoms with Gasteiger partial charge in [0.2, 0.25) is 0 Å². The first-order chi connectivity index (χ1) is 12.0. The molecule has 1 N–H and O–H groups in total. The monoisotopic (exact) mass is 341 g/mol. The largest absolute Gasteiger partial charge is 0.378 e. The van der Waals surface area contributed by atoms with E-state index in [0.717, 1.165) is 34.3 Å². The first-order valence-corrected chi connectivity index (χ1v) is 8.96. The summed E-state index contributed by atoms with van der Waals surface area (Å²) >= 11 is 0. The molecule has 0 saturated heterocycles. The normalized spacial score (nSPS) is 14.2. The molecule has 5 nitrogen and oxygen atoms in total. The van der Waals surface area contributed by atoms with E-state index in [0.29, 0.717) is 25.7 Å². The molecule has 5 heteroatoms. The third kappa shape index (κ3) is 4.77. The smallest absolute Gasteiger partial charge is 0.252 e. The number of ether oxygens (including phenoxy) is 1. The number of carbonyl (C=O) groups is 1. The maximum absolute atomic E-state index is 12.7. The summed E-state index contributed by atoms with van der Waals surface area (Å²) in [5.74, 6) is 0.475. The summed E-state index contributed by atoms with van der Waals surface area (Å²) in [5.41, 5.74) is 3.81. The van der Waals surface area contributed by atoms with Crippen molar-refractivity contribution in [2.24, 2.45) is 0 Å². The van der Waals surface area contributed by atoms with Gasteiger partial charge in [0.25, 0.3) is 5.91 Å². The zero-order chi connectivity index (χ0) is 17.8. The average molecular weight is 341 g/mol. The predicted molar refractivity (Wildman–Crippen MR) is 100 cm³/mol. The molecule has 1 fully saturated rings. The number of nitrogens with one attached hydrogen (secondary N) is 1. The molecule has 1 aromatic heterocycles. The molecule has 3 rings (SSSR count). The van der Waals surface area contributed by atoms with E-state index in [2.05, 4.69) is 10.2 Å². The van der Waals surface area contributed by atoms with Crippen LogP contribution < -0.4 is 5.32 Å². The fraction of sp³-hybridized carbons (Fsp3) is 0.500. The van der Waals surface area contributed by atoms with Crippen molar-refractivity contribution >= 4 is 16.8 Å². The number of aromatic nitrogens is 1. The van der Waals surface area contributed by atoms with Crippen molar-refractivity contribution in [1.82, 2.24) is 15.2 Å². The zero-order valence-corrected chi connectivity index (χ0v) is 15.3. The molecule has 0 radical (unpaired) electrons. The van der Waals surface area contributed by atoms with Crippen LogP contribution in [0, 0.1) is 6.92 Å². The second-order valence-corrected chi connectivity index (χ2v) is 7.06. The number of nitrogens with zero attached hydrogens (tertiary/aromatic N) is 2. The topological polar surface area (TPSA) is 54.5 Å². The van der Waals surface area contributed by atoms with Gasteiger partial charge in [-0.15, -0.1) is 0 Å². The average Bonchev–Trinajstić information content (AvgIpc) is 3.41. The molecule has 0 bridgehead atoms. The highest BCUT2D eigenvalue weighted by Gasteiger charge is 2.26. The number of amides is 1. The van der Waals surface area contributed by atoms with E-state index in [1.165, 1.54) is 12.8 Å². The minimum absolute atomic E-state index is 0.0453. The number of rotatable bonds is 8. The van der Waals surface area contributed by atoms with Crippen LogP contribution in [-0.2, 0) is 4.74 Å². The minimum atomic E-state index is -0.0453. The van der Waals surface area contributed by atoms with Gasteiger partial charge < -0.3 is 15.0 Å². The van der Waals surface area contributed by atoms with Gasteiger partial charge in [-0.05, 0) is 52.1 Å². The predicted octanol–water partition coefficient (Wildman–Crippen LogP) is 2.73.